The average Bonchev–Trinajstić information content (AvgIpc) is 2.50. The molecule has 0 aromatic heterocycles. The van der Waals surface area contributed by atoms with Gasteiger partial charge in [0.1, 0.15) is 12.1 Å². The quantitative estimate of drug-likeness (QED) is 0.121. The van der Waals surface area contributed by atoms with E-state index in [2.05, 4.69) is 0 Å². The highest BCUT2D eigenvalue weighted by Crippen LogP contribution is 2.08. The van der Waals surface area contributed by atoms with E-state index in [0.29, 0.717) is 38.8 Å². The van der Waals surface area contributed by atoms with Crippen LogP contribution in [0.2, 0.25) is 0 Å². The Hall–Kier alpha value is -1.30. The van der Waals surface area contributed by atoms with Crippen molar-refractivity contribution in [2.24, 2.45) is 34.4 Å². The van der Waals surface area contributed by atoms with E-state index in [1.165, 1.54) is 0 Å². The maximum atomic E-state index is 11.8. The normalized spacial score (nSPS) is 14.1. The summed E-state index contributed by atoms with van der Waals surface area (Å²) in [5.74, 6) is -1.71. The number of unbranched alkanes of at least 4 members (excludes halogenated alkanes) is 3. The van der Waals surface area contributed by atoms with E-state index in [1.54, 1.807) is 0 Å². The zero-order chi connectivity index (χ0) is 18.6. The molecule has 0 spiro atoms. The number of ether oxygens (including phenoxy) is 2. The fraction of sp³-hybridized carbons (Fsp3) is 0.857. The molecule has 0 amide bonds. The van der Waals surface area contributed by atoms with Gasteiger partial charge in [0.05, 0.1) is 0 Å². The molecule has 10 heteroatoms. The molecule has 0 aliphatic carbocycles. The molecule has 12 N–H and O–H groups in total. The Morgan fingerprint density at radius 3 is 1.54 bits per heavy atom. The Morgan fingerprint density at radius 2 is 1.12 bits per heavy atom. The van der Waals surface area contributed by atoms with Crippen molar-refractivity contribution in [3.63, 3.8) is 0 Å². The Morgan fingerprint density at radius 1 is 0.750 bits per heavy atom. The molecular formula is C14H32N6O4. The average molecular weight is 348 g/mol. The molecule has 0 aromatic rings. The largest absolute Gasteiger partial charge is 0.394 e. The van der Waals surface area contributed by atoms with Crippen molar-refractivity contribution in [1.82, 2.24) is 0 Å². The van der Waals surface area contributed by atoms with Crippen LogP contribution in [0.25, 0.3) is 0 Å². The Kier molecular flexibility index (Phi) is 11.5. The van der Waals surface area contributed by atoms with Crippen molar-refractivity contribution in [2.75, 3.05) is 13.1 Å². The van der Waals surface area contributed by atoms with Crippen molar-refractivity contribution < 1.29 is 19.1 Å². The SMILES string of the molecule is NCCCCCC(N)C(=O)OC(N)(N)OC(=O)C(N)CCCCN. The second kappa shape index (κ2) is 12.1. The maximum absolute atomic E-state index is 11.8. The predicted molar refractivity (Wildman–Crippen MR) is 89.7 cm³/mol. The van der Waals surface area contributed by atoms with Crippen LogP contribution < -0.4 is 34.4 Å². The molecule has 0 saturated heterocycles. The van der Waals surface area contributed by atoms with Gasteiger partial charge in [0.25, 0.3) is 0 Å². The summed E-state index contributed by atoms with van der Waals surface area (Å²) in [4.78, 5) is 23.6. The topological polar surface area (TPSA) is 209 Å². The monoisotopic (exact) mass is 348 g/mol. The van der Waals surface area contributed by atoms with E-state index in [9.17, 15) is 9.59 Å². The Bertz CT molecular complexity index is 380. The highest BCUT2D eigenvalue weighted by molar-refractivity contribution is 5.77. The molecule has 0 saturated carbocycles. The molecule has 0 fully saturated rings. The summed E-state index contributed by atoms with van der Waals surface area (Å²) in [6.45, 7) is 1.08. The minimum Gasteiger partial charge on any atom is -0.394 e. The summed E-state index contributed by atoms with van der Waals surface area (Å²) in [5.41, 5.74) is 33.0. The van der Waals surface area contributed by atoms with Crippen molar-refractivity contribution >= 4 is 11.9 Å². The van der Waals surface area contributed by atoms with Gasteiger partial charge in [-0.05, 0) is 38.8 Å². The zero-order valence-electron chi connectivity index (χ0n) is 14.1. The summed E-state index contributed by atoms with van der Waals surface area (Å²) >= 11 is 0. The number of carbonyl (C=O) groups excluding carboxylic acids is 2. The molecule has 0 aliphatic rings. The van der Waals surface area contributed by atoms with E-state index in [-0.39, 0.29) is 0 Å². The first kappa shape index (κ1) is 22.7. The Labute approximate surface area is 142 Å². The smallest absolute Gasteiger partial charge is 0.380 e. The molecule has 0 aliphatic heterocycles. The summed E-state index contributed by atoms with van der Waals surface area (Å²) in [7, 11) is 0. The van der Waals surface area contributed by atoms with Crippen LogP contribution >= 0.6 is 0 Å². The van der Waals surface area contributed by atoms with Gasteiger partial charge in [-0.25, -0.2) is 11.5 Å². The van der Waals surface area contributed by atoms with Gasteiger partial charge >= 0.3 is 18.0 Å². The van der Waals surface area contributed by atoms with Gasteiger partial charge < -0.3 is 32.4 Å². The first-order valence-corrected chi connectivity index (χ1v) is 8.18. The number of carbonyl (C=O) groups is 2. The van der Waals surface area contributed by atoms with E-state index < -0.39 is 30.1 Å². The first-order valence-electron chi connectivity index (χ1n) is 8.18. The van der Waals surface area contributed by atoms with Crippen LogP contribution in [-0.2, 0) is 19.1 Å². The lowest BCUT2D eigenvalue weighted by molar-refractivity contribution is -0.227. The molecule has 0 rings (SSSR count). The number of hydrogen-bond donors (Lipinski definition) is 6. The second-order valence-corrected chi connectivity index (χ2v) is 5.70. The van der Waals surface area contributed by atoms with E-state index >= 15 is 0 Å². The fourth-order valence-corrected chi connectivity index (χ4v) is 1.92. The van der Waals surface area contributed by atoms with Gasteiger partial charge in [0.2, 0.25) is 0 Å². The lowest BCUT2D eigenvalue weighted by Gasteiger charge is -2.26. The zero-order valence-corrected chi connectivity index (χ0v) is 14.1. The lowest BCUT2D eigenvalue weighted by atomic mass is 10.1. The molecule has 2 atom stereocenters. The molecular weight excluding hydrogens is 316 g/mol. The van der Waals surface area contributed by atoms with Crippen LogP contribution in [0.15, 0.2) is 0 Å². The standard InChI is InChI=1S/C14H32N6O4/c15-8-4-1-2-6-10(17)12(21)23-14(19,20)24-13(22)11(18)7-3-5-9-16/h10-11H,1-9,15-20H2. The van der Waals surface area contributed by atoms with Gasteiger partial charge in [0, 0.05) is 0 Å². The molecule has 0 bridgehead atoms. The molecule has 10 nitrogen and oxygen atoms in total. The molecule has 24 heavy (non-hydrogen) atoms. The first-order chi connectivity index (χ1) is 11.2. The van der Waals surface area contributed by atoms with Crippen molar-refractivity contribution in [1.29, 1.82) is 0 Å². The lowest BCUT2D eigenvalue weighted by Crippen LogP contribution is -2.59. The number of nitrogens with two attached hydrogens (primary N) is 6. The summed E-state index contributed by atoms with van der Waals surface area (Å²) in [6, 6.07) is -4.24. The molecule has 0 heterocycles. The molecule has 2 unspecified atom stereocenters. The van der Waals surface area contributed by atoms with E-state index in [4.69, 9.17) is 43.9 Å². The molecule has 142 valence electrons. The van der Waals surface area contributed by atoms with Crippen LogP contribution in [0.4, 0.5) is 0 Å². The third-order valence-electron chi connectivity index (χ3n) is 3.31. The van der Waals surface area contributed by atoms with Crippen LogP contribution in [0.3, 0.4) is 0 Å². The van der Waals surface area contributed by atoms with Crippen LogP contribution in [0.5, 0.6) is 0 Å². The molecule has 0 radical (unpaired) electrons. The van der Waals surface area contributed by atoms with Crippen LogP contribution in [0.1, 0.15) is 44.9 Å². The minimum atomic E-state index is -2.41. The molecule has 0 aromatic carbocycles. The highest BCUT2D eigenvalue weighted by atomic mass is 16.8. The van der Waals surface area contributed by atoms with E-state index in [1.807, 2.05) is 0 Å². The minimum absolute atomic E-state index is 0.362. The number of rotatable bonds is 13. The summed E-state index contributed by atoms with van der Waals surface area (Å²) < 4.78 is 9.49. The van der Waals surface area contributed by atoms with Gasteiger partial charge in [0.15, 0.2) is 0 Å². The van der Waals surface area contributed by atoms with Crippen LogP contribution in [0, 0.1) is 0 Å². The third kappa shape index (κ3) is 10.5. The van der Waals surface area contributed by atoms with Crippen molar-refractivity contribution in [2.45, 2.75) is 63.1 Å². The van der Waals surface area contributed by atoms with Gasteiger partial charge in [-0.1, -0.05) is 19.3 Å². The second-order valence-electron chi connectivity index (χ2n) is 5.70. The van der Waals surface area contributed by atoms with Crippen LogP contribution in [-0.4, -0.2) is 43.1 Å². The summed E-state index contributed by atoms with van der Waals surface area (Å²) in [5, 5.41) is 0. The van der Waals surface area contributed by atoms with Gasteiger partial charge in [-0.15, -0.1) is 0 Å². The number of hydrogen-bond acceptors (Lipinski definition) is 10. The number of esters is 2. The van der Waals surface area contributed by atoms with E-state index in [0.717, 1.165) is 19.3 Å². The van der Waals surface area contributed by atoms with Crippen molar-refractivity contribution in [3.05, 3.63) is 0 Å². The fourth-order valence-electron chi connectivity index (χ4n) is 1.92. The summed E-state index contributed by atoms with van der Waals surface area (Å²) in [6.07, 6.45) is 4.54. The van der Waals surface area contributed by atoms with Gasteiger partial charge in [-0.3, -0.25) is 9.59 Å². The Balaban J connectivity index is 4.25. The third-order valence-corrected chi connectivity index (χ3v) is 3.31. The maximum Gasteiger partial charge on any atom is 0.380 e. The predicted octanol–water partition coefficient (Wildman–Crippen LogP) is -2.10. The van der Waals surface area contributed by atoms with Crippen molar-refractivity contribution in [3.8, 4) is 0 Å². The van der Waals surface area contributed by atoms with Gasteiger partial charge in [-0.2, -0.15) is 0 Å². The highest BCUT2D eigenvalue weighted by Gasteiger charge is 2.33.